The maximum Gasteiger partial charge on any atom is 0.138 e. The molecular weight excluding hydrogens is 346 g/mol. The van der Waals surface area contributed by atoms with Crippen LogP contribution in [0.15, 0.2) is 73.1 Å². The molecule has 3 nitrogen and oxygen atoms in total. The molecule has 0 saturated carbocycles. The van der Waals surface area contributed by atoms with Crippen LogP contribution >= 0.6 is 0 Å². The van der Waals surface area contributed by atoms with E-state index in [4.69, 9.17) is 9.47 Å². The Hall–Kier alpha value is -2.65. The SMILES string of the molecule is COC(Cc1ccccc1)Cc1cccc(-c2cncc(OCC(C)C)c2)c1. The molecule has 0 aliphatic rings. The Morgan fingerprint density at radius 3 is 2.32 bits per heavy atom. The van der Waals surface area contributed by atoms with Gasteiger partial charge in [-0.25, -0.2) is 0 Å². The molecule has 0 aliphatic heterocycles. The predicted molar refractivity (Wildman–Crippen MR) is 115 cm³/mol. The topological polar surface area (TPSA) is 31.4 Å². The van der Waals surface area contributed by atoms with E-state index in [1.807, 2.05) is 12.3 Å². The van der Waals surface area contributed by atoms with E-state index in [2.05, 4.69) is 73.4 Å². The van der Waals surface area contributed by atoms with Crippen molar-refractivity contribution < 1.29 is 9.47 Å². The fourth-order valence-corrected chi connectivity index (χ4v) is 3.18. The molecule has 0 bridgehead atoms. The summed E-state index contributed by atoms with van der Waals surface area (Å²) in [5, 5.41) is 0. The fraction of sp³-hybridized carbons (Fsp3) is 0.320. The molecule has 3 heteroatoms. The lowest BCUT2D eigenvalue weighted by molar-refractivity contribution is 0.103. The van der Waals surface area contributed by atoms with E-state index >= 15 is 0 Å². The van der Waals surface area contributed by atoms with E-state index in [0.29, 0.717) is 12.5 Å². The van der Waals surface area contributed by atoms with E-state index in [9.17, 15) is 0 Å². The van der Waals surface area contributed by atoms with Gasteiger partial charge in [0.2, 0.25) is 0 Å². The van der Waals surface area contributed by atoms with Crippen molar-refractivity contribution >= 4 is 0 Å². The van der Waals surface area contributed by atoms with Crippen LogP contribution in [0.1, 0.15) is 25.0 Å². The molecule has 3 rings (SSSR count). The van der Waals surface area contributed by atoms with Gasteiger partial charge in [-0.3, -0.25) is 4.98 Å². The van der Waals surface area contributed by atoms with Crippen LogP contribution in [0.5, 0.6) is 5.75 Å². The summed E-state index contributed by atoms with van der Waals surface area (Å²) >= 11 is 0. The van der Waals surface area contributed by atoms with Crippen molar-refractivity contribution in [3.05, 3.63) is 84.2 Å². The Balaban J connectivity index is 1.72. The summed E-state index contributed by atoms with van der Waals surface area (Å²) in [4.78, 5) is 4.35. The van der Waals surface area contributed by atoms with Crippen molar-refractivity contribution in [2.75, 3.05) is 13.7 Å². The Bertz CT molecular complexity index is 861. The van der Waals surface area contributed by atoms with Crippen LogP contribution in [0.2, 0.25) is 0 Å². The third-order valence-electron chi connectivity index (χ3n) is 4.66. The minimum absolute atomic E-state index is 0.150. The molecule has 3 aromatic rings. The van der Waals surface area contributed by atoms with Crippen molar-refractivity contribution in [3.63, 3.8) is 0 Å². The van der Waals surface area contributed by atoms with Gasteiger partial charge in [-0.05, 0) is 41.5 Å². The smallest absolute Gasteiger partial charge is 0.138 e. The van der Waals surface area contributed by atoms with Crippen molar-refractivity contribution in [3.8, 4) is 16.9 Å². The molecule has 28 heavy (non-hydrogen) atoms. The fourth-order valence-electron chi connectivity index (χ4n) is 3.18. The van der Waals surface area contributed by atoms with E-state index in [0.717, 1.165) is 29.7 Å². The molecular formula is C25H29NO2. The standard InChI is InChI=1S/C25H29NO2/c1-19(2)18-28-25-15-23(16-26-17-25)22-11-7-10-21(12-22)14-24(27-3)13-20-8-5-4-6-9-20/h4-12,15-17,19,24H,13-14,18H2,1-3H3. The Morgan fingerprint density at radius 2 is 1.57 bits per heavy atom. The van der Waals surface area contributed by atoms with Crippen LogP contribution in [0, 0.1) is 5.92 Å². The normalized spacial score (nSPS) is 12.1. The largest absolute Gasteiger partial charge is 0.492 e. The lowest BCUT2D eigenvalue weighted by atomic mass is 9.98. The van der Waals surface area contributed by atoms with E-state index in [1.54, 1.807) is 13.3 Å². The maximum absolute atomic E-state index is 5.83. The van der Waals surface area contributed by atoms with Crippen LogP contribution in [0.4, 0.5) is 0 Å². The van der Waals surface area contributed by atoms with Crippen LogP contribution in [0.3, 0.4) is 0 Å². The average Bonchev–Trinajstić information content (AvgIpc) is 2.73. The first kappa shape index (κ1) is 20.1. The third kappa shape index (κ3) is 5.93. The number of hydrogen-bond donors (Lipinski definition) is 0. The van der Waals surface area contributed by atoms with Gasteiger partial charge < -0.3 is 9.47 Å². The molecule has 0 saturated heterocycles. The van der Waals surface area contributed by atoms with Crippen LogP contribution in [-0.2, 0) is 17.6 Å². The quantitative estimate of drug-likeness (QED) is 0.489. The Kier molecular flexibility index (Phi) is 7.21. The second-order valence-corrected chi connectivity index (χ2v) is 7.57. The highest BCUT2D eigenvalue weighted by Crippen LogP contribution is 2.24. The highest BCUT2D eigenvalue weighted by atomic mass is 16.5. The molecule has 0 fully saturated rings. The number of aromatic nitrogens is 1. The zero-order valence-corrected chi connectivity index (χ0v) is 17.0. The lowest BCUT2D eigenvalue weighted by Gasteiger charge is -2.16. The molecule has 0 aliphatic carbocycles. The molecule has 0 amide bonds. The monoisotopic (exact) mass is 375 g/mol. The molecule has 0 radical (unpaired) electrons. The summed E-state index contributed by atoms with van der Waals surface area (Å²) in [5.74, 6) is 1.30. The van der Waals surface area contributed by atoms with Gasteiger partial charge >= 0.3 is 0 Å². The second-order valence-electron chi connectivity index (χ2n) is 7.57. The molecule has 1 aromatic heterocycles. The predicted octanol–water partition coefficient (Wildman–Crippen LogP) is 5.58. The van der Waals surface area contributed by atoms with Crippen molar-refractivity contribution in [1.82, 2.24) is 4.98 Å². The number of rotatable bonds is 9. The van der Waals surface area contributed by atoms with E-state index < -0.39 is 0 Å². The number of hydrogen-bond acceptors (Lipinski definition) is 3. The molecule has 0 spiro atoms. The minimum Gasteiger partial charge on any atom is -0.492 e. The summed E-state index contributed by atoms with van der Waals surface area (Å²) in [7, 11) is 1.79. The molecule has 0 N–H and O–H groups in total. The summed E-state index contributed by atoms with van der Waals surface area (Å²) in [6.45, 7) is 4.98. The summed E-state index contributed by atoms with van der Waals surface area (Å²) in [6.07, 6.45) is 5.59. The van der Waals surface area contributed by atoms with Gasteiger partial charge in [-0.2, -0.15) is 0 Å². The highest BCUT2D eigenvalue weighted by molar-refractivity contribution is 5.64. The van der Waals surface area contributed by atoms with Crippen molar-refractivity contribution in [1.29, 1.82) is 0 Å². The first-order valence-corrected chi connectivity index (χ1v) is 9.88. The van der Waals surface area contributed by atoms with Gasteiger partial charge in [0.15, 0.2) is 0 Å². The Morgan fingerprint density at radius 1 is 0.821 bits per heavy atom. The van der Waals surface area contributed by atoms with Crippen molar-refractivity contribution in [2.24, 2.45) is 5.92 Å². The number of benzene rings is 2. The highest BCUT2D eigenvalue weighted by Gasteiger charge is 2.11. The molecule has 2 aromatic carbocycles. The maximum atomic E-state index is 5.83. The zero-order valence-electron chi connectivity index (χ0n) is 17.0. The first-order valence-electron chi connectivity index (χ1n) is 9.88. The van der Waals surface area contributed by atoms with Crippen molar-refractivity contribution in [2.45, 2.75) is 32.8 Å². The summed E-state index contributed by atoms with van der Waals surface area (Å²) < 4.78 is 11.6. The third-order valence-corrected chi connectivity index (χ3v) is 4.66. The summed E-state index contributed by atoms with van der Waals surface area (Å²) in [5.41, 5.74) is 4.77. The first-order chi connectivity index (χ1) is 13.6. The average molecular weight is 376 g/mol. The van der Waals surface area contributed by atoms with Gasteiger partial charge in [0.25, 0.3) is 0 Å². The number of nitrogens with zero attached hydrogens (tertiary/aromatic N) is 1. The lowest BCUT2D eigenvalue weighted by Crippen LogP contribution is -2.17. The number of ether oxygens (including phenoxy) is 2. The van der Waals surface area contributed by atoms with E-state index in [1.165, 1.54) is 11.1 Å². The van der Waals surface area contributed by atoms with Gasteiger partial charge in [-0.15, -0.1) is 0 Å². The van der Waals surface area contributed by atoms with Gasteiger partial charge in [0.05, 0.1) is 18.9 Å². The zero-order chi connectivity index (χ0) is 19.8. The molecule has 1 heterocycles. The molecule has 1 unspecified atom stereocenters. The number of methoxy groups -OCH3 is 1. The van der Waals surface area contributed by atoms with Crippen LogP contribution in [0.25, 0.3) is 11.1 Å². The van der Waals surface area contributed by atoms with Gasteiger partial charge in [0.1, 0.15) is 5.75 Å². The van der Waals surface area contributed by atoms with Gasteiger partial charge in [0, 0.05) is 18.9 Å². The molecule has 1 atom stereocenters. The second kappa shape index (κ2) is 10.0. The number of pyridine rings is 1. The van der Waals surface area contributed by atoms with Crippen LogP contribution < -0.4 is 4.74 Å². The Labute approximate surface area is 168 Å². The van der Waals surface area contributed by atoms with E-state index in [-0.39, 0.29) is 6.10 Å². The summed E-state index contributed by atoms with van der Waals surface area (Å²) in [6, 6.07) is 21.1. The molecule has 146 valence electrons. The van der Waals surface area contributed by atoms with Crippen LogP contribution in [-0.4, -0.2) is 24.8 Å². The van der Waals surface area contributed by atoms with Gasteiger partial charge in [-0.1, -0.05) is 68.4 Å². The minimum atomic E-state index is 0.150.